The summed E-state index contributed by atoms with van der Waals surface area (Å²) in [6.07, 6.45) is 3.00. The van der Waals surface area contributed by atoms with Gasteiger partial charge in [-0.25, -0.2) is 0 Å². The minimum atomic E-state index is -1.55. The lowest BCUT2D eigenvalue weighted by Gasteiger charge is -2.30. The second-order valence-corrected chi connectivity index (χ2v) is 8.31. The Balaban J connectivity index is 1.57. The van der Waals surface area contributed by atoms with Gasteiger partial charge < -0.3 is 4.74 Å². The number of carbonyl (C=O) groups excluding carboxylic acids is 3. The maximum absolute atomic E-state index is 13.4. The molecule has 5 heteroatoms. The van der Waals surface area contributed by atoms with Gasteiger partial charge in [0, 0.05) is 17.7 Å². The van der Waals surface area contributed by atoms with E-state index in [0.717, 1.165) is 13.1 Å². The fourth-order valence-electron chi connectivity index (χ4n) is 4.71. The van der Waals surface area contributed by atoms with E-state index in [9.17, 15) is 14.4 Å². The van der Waals surface area contributed by atoms with Crippen LogP contribution in [0.2, 0.25) is 0 Å². The van der Waals surface area contributed by atoms with E-state index in [2.05, 4.69) is 4.90 Å². The maximum Gasteiger partial charge on any atom is 0.307 e. The van der Waals surface area contributed by atoms with E-state index in [0.29, 0.717) is 23.2 Å². The quantitative estimate of drug-likeness (QED) is 0.540. The number of ether oxygens (including phenoxy) is 1. The summed E-state index contributed by atoms with van der Waals surface area (Å²) < 4.78 is 5.67. The van der Waals surface area contributed by atoms with Crippen molar-refractivity contribution in [2.75, 3.05) is 19.6 Å². The van der Waals surface area contributed by atoms with Crippen molar-refractivity contribution in [1.29, 1.82) is 0 Å². The predicted molar refractivity (Wildman–Crippen MR) is 114 cm³/mol. The molecule has 156 valence electrons. The van der Waals surface area contributed by atoms with E-state index < -0.39 is 11.4 Å². The number of likely N-dealkylation sites (tertiary alicyclic amines) is 1. The monoisotopic (exact) mass is 405 g/mol. The highest BCUT2D eigenvalue weighted by atomic mass is 16.5. The molecule has 2 aromatic carbocycles. The van der Waals surface area contributed by atoms with E-state index in [1.54, 1.807) is 48.5 Å². The summed E-state index contributed by atoms with van der Waals surface area (Å²) in [6.45, 7) is 4.57. The summed E-state index contributed by atoms with van der Waals surface area (Å²) in [5.41, 5.74) is -0.259. The van der Waals surface area contributed by atoms with Crippen LogP contribution in [0, 0.1) is 0 Å². The van der Waals surface area contributed by atoms with E-state index in [1.165, 1.54) is 19.3 Å². The molecule has 4 rings (SSSR count). The molecule has 2 aliphatic rings. The molecule has 1 fully saturated rings. The molecule has 1 aliphatic heterocycles. The van der Waals surface area contributed by atoms with Crippen LogP contribution in [0.5, 0.6) is 0 Å². The van der Waals surface area contributed by atoms with Crippen molar-refractivity contribution in [2.45, 2.75) is 44.1 Å². The Labute approximate surface area is 177 Å². The summed E-state index contributed by atoms with van der Waals surface area (Å²) in [5, 5.41) is 0. The van der Waals surface area contributed by atoms with E-state index >= 15 is 0 Å². The van der Waals surface area contributed by atoms with Gasteiger partial charge in [0.25, 0.3) is 0 Å². The highest BCUT2D eigenvalue weighted by molar-refractivity contribution is 6.34. The van der Waals surface area contributed by atoms with E-state index in [4.69, 9.17) is 4.74 Å². The largest absolute Gasteiger partial charge is 0.461 e. The van der Waals surface area contributed by atoms with Gasteiger partial charge in [0.2, 0.25) is 0 Å². The highest BCUT2D eigenvalue weighted by Gasteiger charge is 2.55. The third-order valence-corrected chi connectivity index (χ3v) is 6.16. The lowest BCUT2D eigenvalue weighted by Crippen LogP contribution is -2.42. The van der Waals surface area contributed by atoms with Gasteiger partial charge in [0.05, 0.1) is 6.42 Å². The van der Waals surface area contributed by atoms with Crippen LogP contribution in [-0.2, 0) is 14.9 Å². The molecule has 0 radical (unpaired) electrons. The Morgan fingerprint density at radius 1 is 0.933 bits per heavy atom. The average molecular weight is 405 g/mol. The fraction of sp³-hybridized carbons (Fsp3) is 0.400. The van der Waals surface area contributed by atoms with Crippen LogP contribution in [-0.4, -0.2) is 48.2 Å². The Kier molecular flexibility index (Phi) is 5.82. The molecule has 0 spiro atoms. The number of piperidine rings is 1. The van der Waals surface area contributed by atoms with Crippen LogP contribution in [0.1, 0.15) is 58.9 Å². The average Bonchev–Trinajstić information content (AvgIpc) is 2.98. The Hall–Kier alpha value is -2.79. The number of hydrogen-bond acceptors (Lipinski definition) is 5. The minimum Gasteiger partial charge on any atom is -0.461 e. The Morgan fingerprint density at radius 3 is 2.10 bits per heavy atom. The molecule has 5 nitrogen and oxygen atoms in total. The number of nitrogens with zero attached hydrogens (tertiary/aromatic N) is 1. The third-order valence-electron chi connectivity index (χ3n) is 6.16. The van der Waals surface area contributed by atoms with Crippen molar-refractivity contribution >= 4 is 17.5 Å². The molecule has 1 aliphatic carbocycles. The third kappa shape index (κ3) is 3.70. The first kappa shape index (κ1) is 20.5. The lowest BCUT2D eigenvalue weighted by atomic mass is 9.73. The van der Waals surface area contributed by atoms with E-state index in [-0.39, 0.29) is 24.1 Å². The fourth-order valence-corrected chi connectivity index (χ4v) is 4.71. The first-order chi connectivity index (χ1) is 14.5. The number of fused-ring (bicyclic) bond motifs is 1. The Bertz CT molecular complexity index is 912. The predicted octanol–water partition coefficient (Wildman–Crippen LogP) is 3.81. The summed E-state index contributed by atoms with van der Waals surface area (Å²) >= 11 is 0. The molecule has 0 bridgehead atoms. The number of ketones is 2. The topological polar surface area (TPSA) is 63.7 Å². The summed E-state index contributed by atoms with van der Waals surface area (Å²) in [5.74, 6) is -1.16. The van der Waals surface area contributed by atoms with Crippen LogP contribution in [0.4, 0.5) is 0 Å². The zero-order valence-corrected chi connectivity index (χ0v) is 17.3. The van der Waals surface area contributed by atoms with Crippen LogP contribution in [0.25, 0.3) is 0 Å². The van der Waals surface area contributed by atoms with Crippen molar-refractivity contribution in [1.82, 2.24) is 4.90 Å². The van der Waals surface area contributed by atoms with Crippen LogP contribution >= 0.6 is 0 Å². The van der Waals surface area contributed by atoms with Gasteiger partial charge in [-0.05, 0) is 38.4 Å². The SMILES string of the molecule is CC(CN1CCCCC1)OC(=O)CC1(c2ccccc2)C(=O)c2ccccc2C1=O. The molecule has 1 atom stereocenters. The van der Waals surface area contributed by atoms with Crippen molar-refractivity contribution in [3.05, 3.63) is 71.3 Å². The van der Waals surface area contributed by atoms with Crippen molar-refractivity contribution in [3.8, 4) is 0 Å². The standard InChI is InChI=1S/C25H27NO4/c1-18(17-26-14-8-3-9-15-26)30-22(27)16-25(19-10-4-2-5-11-19)23(28)20-12-6-7-13-21(20)24(25)29/h2,4-7,10-13,18H,3,8-9,14-17H2,1H3. The molecule has 0 N–H and O–H groups in total. The van der Waals surface area contributed by atoms with Gasteiger partial charge in [-0.2, -0.15) is 0 Å². The normalized spacial score (nSPS) is 19.4. The smallest absolute Gasteiger partial charge is 0.307 e. The molecule has 1 unspecified atom stereocenters. The highest BCUT2D eigenvalue weighted by Crippen LogP contribution is 2.42. The number of esters is 1. The molecule has 0 aromatic heterocycles. The molecular weight excluding hydrogens is 378 g/mol. The molecule has 1 heterocycles. The summed E-state index contributed by atoms with van der Waals surface area (Å²) in [6, 6.07) is 15.7. The maximum atomic E-state index is 13.4. The van der Waals surface area contributed by atoms with Crippen LogP contribution in [0.15, 0.2) is 54.6 Å². The first-order valence-electron chi connectivity index (χ1n) is 10.7. The van der Waals surface area contributed by atoms with Crippen molar-refractivity contribution in [3.63, 3.8) is 0 Å². The number of hydrogen-bond donors (Lipinski definition) is 0. The Morgan fingerprint density at radius 2 is 1.50 bits per heavy atom. The van der Waals surface area contributed by atoms with Crippen LogP contribution < -0.4 is 0 Å². The molecular formula is C25H27NO4. The van der Waals surface area contributed by atoms with Crippen molar-refractivity contribution in [2.24, 2.45) is 0 Å². The molecule has 1 saturated heterocycles. The molecule has 2 aromatic rings. The summed E-state index contributed by atoms with van der Waals surface area (Å²) in [7, 11) is 0. The van der Waals surface area contributed by atoms with E-state index in [1.807, 2.05) is 13.0 Å². The number of benzene rings is 2. The van der Waals surface area contributed by atoms with Crippen LogP contribution in [0.3, 0.4) is 0 Å². The van der Waals surface area contributed by atoms with Gasteiger partial charge in [0.15, 0.2) is 11.6 Å². The molecule has 0 saturated carbocycles. The first-order valence-corrected chi connectivity index (χ1v) is 10.7. The number of rotatable bonds is 6. The second kappa shape index (κ2) is 8.52. The zero-order chi connectivity index (χ0) is 21.1. The molecule has 30 heavy (non-hydrogen) atoms. The lowest BCUT2D eigenvalue weighted by molar-refractivity contribution is -0.150. The van der Waals surface area contributed by atoms with Gasteiger partial charge in [-0.15, -0.1) is 0 Å². The molecule has 0 amide bonds. The zero-order valence-electron chi connectivity index (χ0n) is 17.3. The van der Waals surface area contributed by atoms with Crippen molar-refractivity contribution < 1.29 is 19.1 Å². The number of Topliss-reactive ketones (excluding diaryl/α,β-unsaturated/α-hetero) is 2. The van der Waals surface area contributed by atoms with Gasteiger partial charge >= 0.3 is 5.97 Å². The minimum absolute atomic E-state index is 0.284. The van der Waals surface area contributed by atoms with Gasteiger partial charge in [-0.1, -0.05) is 61.0 Å². The number of carbonyl (C=O) groups is 3. The van der Waals surface area contributed by atoms with Gasteiger partial charge in [-0.3, -0.25) is 19.3 Å². The van der Waals surface area contributed by atoms with Gasteiger partial charge in [0.1, 0.15) is 11.5 Å². The summed E-state index contributed by atoms with van der Waals surface area (Å²) in [4.78, 5) is 42.1. The second-order valence-electron chi connectivity index (χ2n) is 8.31.